The van der Waals surface area contributed by atoms with Crippen molar-refractivity contribution >= 4 is 33.0 Å². The number of morpholine rings is 1. The molecule has 4 heterocycles. The van der Waals surface area contributed by atoms with E-state index >= 15 is 0 Å². The normalized spacial score (nSPS) is 15.8. The van der Waals surface area contributed by atoms with Crippen LogP contribution in [0.5, 0.6) is 11.5 Å². The number of amides is 1. The number of aromatic nitrogens is 2. The lowest BCUT2D eigenvalue weighted by atomic mass is 10.3. The Hall–Kier alpha value is -3.16. The molecule has 1 aromatic carbocycles. The van der Waals surface area contributed by atoms with Gasteiger partial charge < -0.3 is 23.6 Å². The zero-order valence-electron chi connectivity index (χ0n) is 15.9. The fourth-order valence-electron chi connectivity index (χ4n) is 3.07. The highest BCUT2D eigenvalue weighted by Crippen LogP contribution is 2.35. The van der Waals surface area contributed by atoms with Crippen molar-refractivity contribution < 1.29 is 31.9 Å². The van der Waals surface area contributed by atoms with Gasteiger partial charge in [-0.2, -0.15) is 4.98 Å². The van der Waals surface area contributed by atoms with Gasteiger partial charge >= 0.3 is 11.8 Å². The van der Waals surface area contributed by atoms with Crippen molar-refractivity contribution in [1.29, 1.82) is 0 Å². The fourth-order valence-corrected chi connectivity index (χ4v) is 5.28. The number of carbonyl (C=O) groups excluding carboxylic acids is 1. The molecular formula is C18H16N4O7S2. The molecule has 2 aliphatic heterocycles. The standard InChI is InChI=1S/C18H16N4O7S2/c23-18(22-3-5-26-6-4-22)17-19-16(20-29-17)11-7-15(30-9-11)31(24,25)21-12-1-2-13-14(8-12)28-10-27-13/h1-2,7-9,21H,3-6,10H2. The lowest BCUT2D eigenvalue weighted by molar-refractivity contribution is 0.0272. The van der Waals surface area contributed by atoms with Gasteiger partial charge in [0, 0.05) is 30.1 Å². The predicted octanol–water partition coefficient (Wildman–Crippen LogP) is 1.80. The molecule has 11 nitrogen and oxygen atoms in total. The van der Waals surface area contributed by atoms with Crippen LogP contribution in [0.2, 0.25) is 0 Å². The first-order valence-corrected chi connectivity index (χ1v) is 11.6. The van der Waals surface area contributed by atoms with Crippen molar-refractivity contribution in [2.75, 3.05) is 37.8 Å². The average molecular weight is 464 g/mol. The largest absolute Gasteiger partial charge is 0.454 e. The molecule has 162 valence electrons. The molecule has 2 aromatic heterocycles. The molecule has 13 heteroatoms. The minimum atomic E-state index is -3.85. The number of fused-ring (bicyclic) bond motifs is 1. The van der Waals surface area contributed by atoms with E-state index in [1.165, 1.54) is 6.07 Å². The summed E-state index contributed by atoms with van der Waals surface area (Å²) in [6.07, 6.45) is 0. The third kappa shape index (κ3) is 3.94. The van der Waals surface area contributed by atoms with Crippen molar-refractivity contribution in [1.82, 2.24) is 15.0 Å². The Kier molecular flexibility index (Phi) is 5.00. The lowest BCUT2D eigenvalue weighted by Gasteiger charge is -2.25. The second-order valence-electron chi connectivity index (χ2n) is 6.66. The number of rotatable bonds is 5. The Morgan fingerprint density at radius 3 is 2.77 bits per heavy atom. The first-order chi connectivity index (χ1) is 15.0. The lowest BCUT2D eigenvalue weighted by Crippen LogP contribution is -2.40. The minimum Gasteiger partial charge on any atom is -0.454 e. The molecule has 0 aliphatic carbocycles. The molecule has 0 radical (unpaired) electrons. The van der Waals surface area contributed by atoms with Crippen LogP contribution in [0.15, 0.2) is 38.4 Å². The molecule has 5 rings (SSSR count). The highest BCUT2D eigenvalue weighted by atomic mass is 32.2. The monoisotopic (exact) mass is 464 g/mol. The van der Waals surface area contributed by atoms with Gasteiger partial charge in [-0.1, -0.05) is 5.16 Å². The molecule has 0 atom stereocenters. The molecule has 1 N–H and O–H groups in total. The van der Waals surface area contributed by atoms with Crippen LogP contribution in [0, 0.1) is 0 Å². The second kappa shape index (κ2) is 7.83. The van der Waals surface area contributed by atoms with Crippen LogP contribution >= 0.6 is 11.3 Å². The fraction of sp³-hybridized carbons (Fsp3) is 0.278. The third-order valence-corrected chi connectivity index (χ3v) is 7.45. The molecule has 1 saturated heterocycles. The SMILES string of the molecule is O=C(c1nc(-c2csc(S(=O)(=O)Nc3ccc4c(c3)OCO4)c2)no1)N1CCOCC1. The number of carbonyl (C=O) groups is 1. The van der Waals surface area contributed by atoms with E-state index < -0.39 is 10.0 Å². The van der Waals surface area contributed by atoms with Crippen LogP contribution in [-0.4, -0.2) is 62.5 Å². The zero-order chi connectivity index (χ0) is 21.4. The second-order valence-corrected chi connectivity index (χ2v) is 9.48. The number of ether oxygens (including phenoxy) is 3. The Morgan fingerprint density at radius 2 is 1.94 bits per heavy atom. The summed E-state index contributed by atoms with van der Waals surface area (Å²) in [5, 5.41) is 5.40. The molecule has 0 saturated carbocycles. The Labute approximate surface area is 180 Å². The highest BCUT2D eigenvalue weighted by Gasteiger charge is 2.26. The Balaban J connectivity index is 1.32. The molecule has 0 bridgehead atoms. The quantitative estimate of drug-likeness (QED) is 0.600. The number of nitrogens with zero attached hydrogens (tertiary/aromatic N) is 3. The molecule has 1 amide bonds. The number of thiophene rings is 1. The highest BCUT2D eigenvalue weighted by molar-refractivity contribution is 7.94. The number of sulfonamides is 1. The van der Waals surface area contributed by atoms with E-state index in [4.69, 9.17) is 18.7 Å². The van der Waals surface area contributed by atoms with Gasteiger partial charge in [-0.15, -0.1) is 11.3 Å². The van der Waals surface area contributed by atoms with E-state index in [9.17, 15) is 13.2 Å². The molecule has 0 unspecified atom stereocenters. The van der Waals surface area contributed by atoms with Crippen LogP contribution in [0.1, 0.15) is 10.7 Å². The average Bonchev–Trinajstić information content (AvgIpc) is 3.53. The van der Waals surface area contributed by atoms with Crippen LogP contribution < -0.4 is 14.2 Å². The number of nitrogens with one attached hydrogen (secondary N) is 1. The van der Waals surface area contributed by atoms with Gasteiger partial charge in [-0.05, 0) is 18.2 Å². The summed E-state index contributed by atoms with van der Waals surface area (Å²) in [6.45, 7) is 1.90. The van der Waals surface area contributed by atoms with E-state index in [0.717, 1.165) is 11.3 Å². The first-order valence-electron chi connectivity index (χ1n) is 9.22. The summed E-state index contributed by atoms with van der Waals surface area (Å²) in [7, 11) is -3.85. The van der Waals surface area contributed by atoms with Crippen molar-refractivity contribution in [3.63, 3.8) is 0 Å². The molecule has 3 aromatic rings. The van der Waals surface area contributed by atoms with Crippen molar-refractivity contribution in [2.45, 2.75) is 4.21 Å². The Bertz CT molecular complexity index is 1230. The zero-order valence-corrected chi connectivity index (χ0v) is 17.6. The molecule has 2 aliphatic rings. The number of hydrogen-bond donors (Lipinski definition) is 1. The van der Waals surface area contributed by atoms with Crippen LogP contribution in [-0.2, 0) is 14.8 Å². The third-order valence-electron chi connectivity index (χ3n) is 4.63. The van der Waals surface area contributed by atoms with Crippen molar-refractivity contribution in [2.24, 2.45) is 0 Å². The summed E-state index contributed by atoms with van der Waals surface area (Å²) < 4.78 is 48.9. The minimum absolute atomic E-state index is 0.0611. The summed E-state index contributed by atoms with van der Waals surface area (Å²) in [5.74, 6) is 0.634. The van der Waals surface area contributed by atoms with E-state index in [1.807, 2.05) is 0 Å². The van der Waals surface area contributed by atoms with Crippen molar-refractivity contribution in [3.8, 4) is 22.9 Å². The van der Waals surface area contributed by atoms with E-state index in [2.05, 4.69) is 14.9 Å². The van der Waals surface area contributed by atoms with E-state index in [1.54, 1.807) is 28.5 Å². The molecule has 1 fully saturated rings. The summed E-state index contributed by atoms with van der Waals surface area (Å²) in [5.41, 5.74) is 0.776. The van der Waals surface area contributed by atoms with E-state index in [-0.39, 0.29) is 28.6 Å². The maximum absolute atomic E-state index is 12.8. The van der Waals surface area contributed by atoms with Gasteiger partial charge in [0.1, 0.15) is 4.21 Å². The van der Waals surface area contributed by atoms with Crippen LogP contribution in [0.4, 0.5) is 5.69 Å². The summed E-state index contributed by atoms with van der Waals surface area (Å²) in [4.78, 5) is 18.1. The van der Waals surface area contributed by atoms with Gasteiger partial charge in [-0.3, -0.25) is 9.52 Å². The van der Waals surface area contributed by atoms with Gasteiger partial charge in [0.2, 0.25) is 12.6 Å². The van der Waals surface area contributed by atoms with Gasteiger partial charge in [-0.25, -0.2) is 8.42 Å². The van der Waals surface area contributed by atoms with Crippen LogP contribution in [0.25, 0.3) is 11.4 Å². The topological polar surface area (TPSA) is 133 Å². The molecule has 0 spiro atoms. The van der Waals surface area contributed by atoms with Gasteiger partial charge in [0.15, 0.2) is 11.5 Å². The van der Waals surface area contributed by atoms with Crippen molar-refractivity contribution in [3.05, 3.63) is 35.5 Å². The smallest absolute Gasteiger partial charge is 0.316 e. The number of benzene rings is 1. The molecule has 31 heavy (non-hydrogen) atoms. The molecular weight excluding hydrogens is 448 g/mol. The van der Waals surface area contributed by atoms with Crippen LogP contribution in [0.3, 0.4) is 0 Å². The summed E-state index contributed by atoms with van der Waals surface area (Å²) in [6, 6.07) is 6.19. The first kappa shape index (κ1) is 19.8. The Morgan fingerprint density at radius 1 is 1.13 bits per heavy atom. The maximum Gasteiger partial charge on any atom is 0.316 e. The predicted molar refractivity (Wildman–Crippen MR) is 108 cm³/mol. The maximum atomic E-state index is 12.8. The van der Waals surface area contributed by atoms with E-state index in [0.29, 0.717) is 49.1 Å². The number of hydrogen-bond acceptors (Lipinski definition) is 10. The van der Waals surface area contributed by atoms with Gasteiger partial charge in [0.25, 0.3) is 10.0 Å². The number of anilines is 1. The van der Waals surface area contributed by atoms with Gasteiger partial charge in [0.05, 0.1) is 18.9 Å². The summed E-state index contributed by atoms with van der Waals surface area (Å²) >= 11 is 1.00.